The third-order valence-electron chi connectivity index (χ3n) is 5.88. The van der Waals surface area contributed by atoms with Gasteiger partial charge in [-0.15, -0.1) is 12.4 Å². The summed E-state index contributed by atoms with van der Waals surface area (Å²) in [5.41, 5.74) is 1.13. The summed E-state index contributed by atoms with van der Waals surface area (Å²) in [5, 5.41) is 0. The minimum atomic E-state index is -0.302. The number of rotatable bonds is 11. The molecule has 1 saturated carbocycles. The molecule has 1 aliphatic rings. The molecule has 0 unspecified atom stereocenters. The Morgan fingerprint density at radius 3 is 1.66 bits per heavy atom. The summed E-state index contributed by atoms with van der Waals surface area (Å²) < 4.78 is 10.9. The van der Waals surface area contributed by atoms with Gasteiger partial charge in [0.15, 0.2) is 0 Å². The normalized spacial score (nSPS) is 13.9. The highest BCUT2D eigenvalue weighted by molar-refractivity contribution is 5.89. The molecule has 0 aliphatic heterocycles. The highest BCUT2D eigenvalue weighted by Crippen LogP contribution is 2.26. The topological polar surface area (TPSA) is 55.8 Å². The molecule has 0 N–H and O–H groups in total. The molecule has 1 fully saturated rings. The molecule has 32 heavy (non-hydrogen) atoms. The van der Waals surface area contributed by atoms with E-state index in [1.54, 1.807) is 24.3 Å². The van der Waals surface area contributed by atoms with Gasteiger partial charge in [-0.2, -0.15) is 0 Å². The zero-order valence-electron chi connectivity index (χ0n) is 18.6. The van der Waals surface area contributed by atoms with Crippen LogP contribution in [-0.2, 0) is 9.47 Å². The van der Waals surface area contributed by atoms with E-state index < -0.39 is 0 Å². The van der Waals surface area contributed by atoms with Crippen molar-refractivity contribution < 1.29 is 19.1 Å². The van der Waals surface area contributed by atoms with Crippen LogP contribution in [0.2, 0.25) is 0 Å². The van der Waals surface area contributed by atoms with Crippen LogP contribution in [0.3, 0.4) is 0 Å². The molecule has 0 bridgehead atoms. The molecule has 0 saturated heterocycles. The van der Waals surface area contributed by atoms with E-state index in [-0.39, 0.29) is 24.3 Å². The van der Waals surface area contributed by atoms with Crippen molar-refractivity contribution in [2.24, 2.45) is 5.92 Å². The monoisotopic (exact) mass is 459 g/mol. The highest BCUT2D eigenvalue weighted by Gasteiger charge is 2.16. The summed E-state index contributed by atoms with van der Waals surface area (Å²) in [6.07, 6.45) is 7.76. The first-order valence-electron chi connectivity index (χ1n) is 11.4. The maximum absolute atomic E-state index is 12.2. The molecule has 3 rings (SSSR count). The standard InChI is InChI=1S/C26H33NO4.ClH/c28-25(23-12-6-2-7-13-23)30-20-18-27(17-16-22-10-4-1-5-11-22)19-21-31-26(29)24-14-8-3-9-15-24;/h2-3,6-9,12-15,22H,1,4-5,10-11,16-21H2;1H. The Morgan fingerprint density at radius 1 is 0.719 bits per heavy atom. The molecule has 1 aliphatic carbocycles. The molecule has 5 nitrogen and oxygen atoms in total. The van der Waals surface area contributed by atoms with Crippen LogP contribution in [0.1, 0.15) is 59.2 Å². The van der Waals surface area contributed by atoms with Gasteiger partial charge in [-0.1, -0.05) is 68.5 Å². The molecular formula is C26H34ClNO4. The summed E-state index contributed by atoms with van der Waals surface area (Å²) in [4.78, 5) is 26.6. The highest BCUT2D eigenvalue weighted by atomic mass is 35.5. The van der Waals surface area contributed by atoms with Crippen LogP contribution in [0.5, 0.6) is 0 Å². The maximum Gasteiger partial charge on any atom is 0.338 e. The summed E-state index contributed by atoms with van der Waals surface area (Å²) in [5.74, 6) is 0.168. The van der Waals surface area contributed by atoms with Gasteiger partial charge in [0.05, 0.1) is 11.1 Å². The lowest BCUT2D eigenvalue weighted by Crippen LogP contribution is -2.34. The van der Waals surface area contributed by atoms with Gasteiger partial charge in [-0.25, -0.2) is 9.59 Å². The predicted molar refractivity (Wildman–Crippen MR) is 128 cm³/mol. The van der Waals surface area contributed by atoms with E-state index in [2.05, 4.69) is 4.90 Å². The maximum atomic E-state index is 12.2. The molecular weight excluding hydrogens is 426 g/mol. The second-order valence-electron chi connectivity index (χ2n) is 8.14. The Balaban J connectivity index is 0.00000363. The first-order chi connectivity index (χ1) is 15.2. The second-order valence-corrected chi connectivity index (χ2v) is 8.14. The van der Waals surface area contributed by atoms with Crippen LogP contribution in [-0.4, -0.2) is 49.7 Å². The van der Waals surface area contributed by atoms with E-state index in [9.17, 15) is 9.59 Å². The Hall–Kier alpha value is -2.37. The average Bonchev–Trinajstić information content (AvgIpc) is 2.83. The SMILES string of the molecule is Cl.O=C(OCCN(CCOC(=O)c1ccccc1)CCC1CCCCC1)c1ccccc1. The van der Waals surface area contributed by atoms with E-state index in [1.807, 2.05) is 36.4 Å². The number of carbonyl (C=O) groups excluding carboxylic acids is 2. The largest absolute Gasteiger partial charge is 0.461 e. The molecule has 6 heteroatoms. The third kappa shape index (κ3) is 9.01. The van der Waals surface area contributed by atoms with Crippen molar-refractivity contribution in [3.8, 4) is 0 Å². The van der Waals surface area contributed by atoms with Crippen molar-refractivity contribution in [1.29, 1.82) is 0 Å². The molecule has 174 valence electrons. The fourth-order valence-electron chi connectivity index (χ4n) is 4.03. The van der Waals surface area contributed by atoms with Crippen LogP contribution in [0.25, 0.3) is 0 Å². The quantitative estimate of drug-likeness (QED) is 0.421. The average molecular weight is 460 g/mol. The Morgan fingerprint density at radius 2 is 1.19 bits per heavy atom. The van der Waals surface area contributed by atoms with Gasteiger partial charge in [0.25, 0.3) is 0 Å². The van der Waals surface area contributed by atoms with Gasteiger partial charge in [0.1, 0.15) is 13.2 Å². The molecule has 0 spiro atoms. The molecule has 2 aromatic carbocycles. The van der Waals surface area contributed by atoms with Gasteiger partial charge in [-0.3, -0.25) is 4.90 Å². The van der Waals surface area contributed by atoms with Gasteiger partial charge < -0.3 is 9.47 Å². The fraction of sp³-hybridized carbons (Fsp3) is 0.462. The fourth-order valence-corrected chi connectivity index (χ4v) is 4.03. The first-order valence-corrected chi connectivity index (χ1v) is 11.4. The van der Waals surface area contributed by atoms with E-state index in [1.165, 1.54) is 32.1 Å². The third-order valence-corrected chi connectivity index (χ3v) is 5.88. The molecule has 0 amide bonds. The number of esters is 2. The van der Waals surface area contributed by atoms with Gasteiger partial charge in [0.2, 0.25) is 0 Å². The van der Waals surface area contributed by atoms with Gasteiger partial charge in [-0.05, 0) is 43.1 Å². The van der Waals surface area contributed by atoms with Crippen LogP contribution < -0.4 is 0 Å². The summed E-state index contributed by atoms with van der Waals surface area (Å²) >= 11 is 0. The van der Waals surface area contributed by atoms with Crippen molar-refractivity contribution in [2.75, 3.05) is 32.8 Å². The number of halogens is 1. The Kier molecular flexibility index (Phi) is 11.8. The predicted octanol–water partition coefficient (Wildman–Crippen LogP) is 5.39. The zero-order valence-corrected chi connectivity index (χ0v) is 19.4. The summed E-state index contributed by atoms with van der Waals surface area (Å²) in [6.45, 7) is 2.84. The lowest BCUT2D eigenvalue weighted by atomic mass is 9.87. The molecule has 0 aromatic heterocycles. The number of hydrogen-bond acceptors (Lipinski definition) is 5. The molecule has 2 aromatic rings. The van der Waals surface area contributed by atoms with Gasteiger partial charge in [0, 0.05) is 13.1 Å². The van der Waals surface area contributed by atoms with Crippen molar-refractivity contribution in [3.63, 3.8) is 0 Å². The summed E-state index contributed by atoms with van der Waals surface area (Å²) in [6, 6.07) is 18.1. The van der Waals surface area contributed by atoms with Crippen LogP contribution in [0.15, 0.2) is 60.7 Å². The van der Waals surface area contributed by atoms with E-state index in [4.69, 9.17) is 9.47 Å². The lowest BCUT2D eigenvalue weighted by Gasteiger charge is -2.27. The van der Waals surface area contributed by atoms with Crippen molar-refractivity contribution >= 4 is 24.3 Å². The van der Waals surface area contributed by atoms with Gasteiger partial charge >= 0.3 is 11.9 Å². The van der Waals surface area contributed by atoms with Crippen molar-refractivity contribution in [2.45, 2.75) is 38.5 Å². The number of nitrogens with zero attached hydrogens (tertiary/aromatic N) is 1. The van der Waals surface area contributed by atoms with Crippen molar-refractivity contribution in [3.05, 3.63) is 71.8 Å². The van der Waals surface area contributed by atoms with E-state index in [0.717, 1.165) is 18.9 Å². The molecule has 0 radical (unpaired) electrons. The number of carbonyl (C=O) groups is 2. The number of ether oxygens (including phenoxy) is 2. The second kappa shape index (κ2) is 14.6. The van der Waals surface area contributed by atoms with E-state index in [0.29, 0.717) is 37.4 Å². The minimum Gasteiger partial charge on any atom is -0.461 e. The Bertz CT molecular complexity index is 736. The molecule has 0 atom stereocenters. The minimum absolute atomic E-state index is 0. The number of benzene rings is 2. The zero-order chi connectivity index (χ0) is 21.7. The smallest absolute Gasteiger partial charge is 0.338 e. The Labute approximate surface area is 197 Å². The summed E-state index contributed by atoms with van der Waals surface area (Å²) in [7, 11) is 0. The van der Waals surface area contributed by atoms with Crippen LogP contribution in [0, 0.1) is 5.92 Å². The van der Waals surface area contributed by atoms with Crippen LogP contribution in [0.4, 0.5) is 0 Å². The lowest BCUT2D eigenvalue weighted by molar-refractivity contribution is 0.0389. The number of hydrogen-bond donors (Lipinski definition) is 0. The molecule has 0 heterocycles. The van der Waals surface area contributed by atoms with Crippen molar-refractivity contribution in [1.82, 2.24) is 4.90 Å². The first kappa shape index (κ1) is 25.9. The van der Waals surface area contributed by atoms with E-state index >= 15 is 0 Å². The van der Waals surface area contributed by atoms with Crippen LogP contribution >= 0.6 is 12.4 Å².